The number of anilines is 2. The number of aromatic amines is 1. The Hall–Kier alpha value is -3.42. The van der Waals surface area contributed by atoms with Gasteiger partial charge in [0.05, 0.1) is 11.6 Å². The van der Waals surface area contributed by atoms with Crippen LogP contribution in [0.25, 0.3) is 10.9 Å². The normalized spacial score (nSPS) is 20.1. The second-order valence-electron chi connectivity index (χ2n) is 8.72. The van der Waals surface area contributed by atoms with Gasteiger partial charge in [-0.25, -0.2) is 8.78 Å². The van der Waals surface area contributed by atoms with Gasteiger partial charge in [0.2, 0.25) is 5.91 Å². The van der Waals surface area contributed by atoms with Crippen LogP contribution in [0.2, 0.25) is 0 Å². The number of amides is 2. The summed E-state index contributed by atoms with van der Waals surface area (Å²) in [5, 5.41) is 3.06. The number of H-pyrrole nitrogens is 1. The number of nitrogens with one attached hydrogen (secondary N) is 2. The summed E-state index contributed by atoms with van der Waals surface area (Å²) in [4.78, 5) is 31.6. The Bertz CT molecular complexity index is 1200. The van der Waals surface area contributed by atoms with Crippen molar-refractivity contribution >= 4 is 34.1 Å². The molecule has 0 aliphatic carbocycles. The molecule has 2 aliphatic heterocycles. The average Bonchev–Trinajstić information content (AvgIpc) is 3.44. The molecule has 0 bridgehead atoms. The van der Waals surface area contributed by atoms with Crippen LogP contribution in [0, 0.1) is 24.5 Å². The lowest BCUT2D eigenvalue weighted by molar-refractivity contribution is -0.129. The van der Waals surface area contributed by atoms with Gasteiger partial charge in [0.25, 0.3) is 5.91 Å². The molecule has 3 heterocycles. The van der Waals surface area contributed by atoms with Crippen LogP contribution in [0.1, 0.15) is 29.4 Å². The van der Waals surface area contributed by atoms with Crippen molar-refractivity contribution in [3.8, 4) is 0 Å². The molecule has 2 N–H and O–H groups in total. The SMILES string of the molecule is CC(=O)N1CC[C@H]2CN(c3cc(F)cc(NC(=O)c4cc5c(F)ccc(C)c5[nH]4)c3)C[C@H]21. The number of hydrogen-bond acceptors (Lipinski definition) is 3. The zero-order valence-corrected chi connectivity index (χ0v) is 17.9. The van der Waals surface area contributed by atoms with Crippen LogP contribution in [0.15, 0.2) is 36.4 Å². The van der Waals surface area contributed by atoms with E-state index in [0.29, 0.717) is 34.7 Å². The molecule has 0 saturated carbocycles. The summed E-state index contributed by atoms with van der Waals surface area (Å²) in [6.45, 7) is 5.57. The third kappa shape index (κ3) is 3.49. The first kappa shape index (κ1) is 20.5. The van der Waals surface area contributed by atoms with E-state index >= 15 is 0 Å². The number of halogens is 2. The minimum absolute atomic E-state index is 0.0663. The second-order valence-corrected chi connectivity index (χ2v) is 8.72. The Kier molecular flexibility index (Phi) is 4.87. The van der Waals surface area contributed by atoms with Gasteiger partial charge in [0.1, 0.15) is 17.3 Å². The molecule has 2 amide bonds. The molecule has 2 aromatic carbocycles. The number of nitrogens with zero attached hydrogens (tertiary/aromatic N) is 2. The van der Waals surface area contributed by atoms with Crippen LogP contribution in [0.3, 0.4) is 0 Å². The third-order valence-electron chi connectivity index (χ3n) is 6.65. The largest absolute Gasteiger partial charge is 0.369 e. The lowest BCUT2D eigenvalue weighted by Gasteiger charge is -2.25. The van der Waals surface area contributed by atoms with Gasteiger partial charge in [0.15, 0.2) is 0 Å². The Labute approximate surface area is 184 Å². The lowest BCUT2D eigenvalue weighted by atomic mass is 10.1. The van der Waals surface area contributed by atoms with E-state index in [1.807, 2.05) is 11.8 Å². The number of carbonyl (C=O) groups is 2. The molecule has 3 aromatic rings. The molecular weight excluding hydrogens is 414 g/mol. The van der Waals surface area contributed by atoms with Crippen molar-refractivity contribution in [2.24, 2.45) is 5.92 Å². The number of fused-ring (bicyclic) bond motifs is 2. The van der Waals surface area contributed by atoms with Crippen molar-refractivity contribution in [2.75, 3.05) is 29.9 Å². The summed E-state index contributed by atoms with van der Waals surface area (Å²) in [5.74, 6) is -0.913. The zero-order valence-electron chi connectivity index (χ0n) is 17.9. The number of hydrogen-bond donors (Lipinski definition) is 2. The fourth-order valence-corrected chi connectivity index (χ4v) is 5.04. The quantitative estimate of drug-likeness (QED) is 0.648. The first-order chi connectivity index (χ1) is 15.3. The van der Waals surface area contributed by atoms with E-state index in [0.717, 1.165) is 25.1 Å². The van der Waals surface area contributed by atoms with Crippen molar-refractivity contribution in [3.63, 3.8) is 0 Å². The highest BCUT2D eigenvalue weighted by Gasteiger charge is 2.42. The van der Waals surface area contributed by atoms with E-state index in [1.54, 1.807) is 19.1 Å². The highest BCUT2D eigenvalue weighted by atomic mass is 19.1. The average molecular weight is 438 g/mol. The number of rotatable bonds is 3. The fourth-order valence-electron chi connectivity index (χ4n) is 5.04. The smallest absolute Gasteiger partial charge is 0.272 e. The molecule has 166 valence electrons. The van der Waals surface area contributed by atoms with E-state index in [4.69, 9.17) is 0 Å². The number of likely N-dealkylation sites (tertiary alicyclic amines) is 1. The Morgan fingerprint density at radius 1 is 1.12 bits per heavy atom. The Morgan fingerprint density at radius 3 is 2.69 bits per heavy atom. The van der Waals surface area contributed by atoms with Gasteiger partial charge in [-0.3, -0.25) is 9.59 Å². The van der Waals surface area contributed by atoms with E-state index in [9.17, 15) is 18.4 Å². The summed E-state index contributed by atoms with van der Waals surface area (Å²) in [6, 6.07) is 9.04. The van der Waals surface area contributed by atoms with Gasteiger partial charge < -0.3 is 20.1 Å². The molecule has 5 rings (SSSR count). The lowest BCUT2D eigenvalue weighted by Crippen LogP contribution is -2.38. The van der Waals surface area contributed by atoms with Crippen LogP contribution in [-0.4, -0.2) is 47.4 Å². The predicted molar refractivity (Wildman–Crippen MR) is 119 cm³/mol. The molecule has 2 atom stereocenters. The van der Waals surface area contributed by atoms with Gasteiger partial charge in [-0.2, -0.15) is 0 Å². The minimum Gasteiger partial charge on any atom is -0.369 e. The van der Waals surface area contributed by atoms with Crippen molar-refractivity contribution in [1.29, 1.82) is 0 Å². The molecular formula is C24H24F2N4O2. The van der Waals surface area contributed by atoms with Crippen LogP contribution in [-0.2, 0) is 4.79 Å². The Morgan fingerprint density at radius 2 is 1.94 bits per heavy atom. The Balaban J connectivity index is 1.37. The van der Waals surface area contributed by atoms with Gasteiger partial charge in [0, 0.05) is 49.2 Å². The summed E-state index contributed by atoms with van der Waals surface area (Å²) < 4.78 is 28.5. The highest BCUT2D eigenvalue weighted by Crippen LogP contribution is 2.35. The number of aromatic nitrogens is 1. The van der Waals surface area contributed by atoms with Gasteiger partial charge in [-0.15, -0.1) is 0 Å². The first-order valence-electron chi connectivity index (χ1n) is 10.7. The van der Waals surface area contributed by atoms with Crippen molar-refractivity contribution < 1.29 is 18.4 Å². The monoisotopic (exact) mass is 438 g/mol. The molecule has 32 heavy (non-hydrogen) atoms. The minimum atomic E-state index is -0.474. The van der Waals surface area contributed by atoms with Crippen molar-refractivity contribution in [3.05, 3.63) is 59.3 Å². The summed E-state index contributed by atoms with van der Waals surface area (Å²) >= 11 is 0. The van der Waals surface area contributed by atoms with E-state index < -0.39 is 17.5 Å². The van der Waals surface area contributed by atoms with Gasteiger partial charge in [-0.05, 0) is 49.2 Å². The maximum atomic E-state index is 14.4. The van der Waals surface area contributed by atoms with E-state index in [2.05, 4.69) is 15.2 Å². The van der Waals surface area contributed by atoms with Gasteiger partial charge in [-0.1, -0.05) is 6.07 Å². The first-order valence-corrected chi connectivity index (χ1v) is 10.7. The highest BCUT2D eigenvalue weighted by molar-refractivity contribution is 6.06. The molecule has 1 aromatic heterocycles. The fraction of sp³-hybridized carbons (Fsp3) is 0.333. The van der Waals surface area contributed by atoms with Crippen molar-refractivity contribution in [1.82, 2.24) is 9.88 Å². The molecule has 2 aliphatic rings. The maximum absolute atomic E-state index is 14.4. The zero-order chi connectivity index (χ0) is 22.6. The predicted octanol–water partition coefficient (Wildman–Crippen LogP) is 4.06. The summed E-state index contributed by atoms with van der Waals surface area (Å²) in [6.07, 6.45) is 0.940. The molecule has 2 saturated heterocycles. The second kappa shape index (κ2) is 7.62. The molecule has 6 nitrogen and oxygen atoms in total. The number of aryl methyl sites for hydroxylation is 1. The van der Waals surface area contributed by atoms with E-state index in [1.165, 1.54) is 24.3 Å². The topological polar surface area (TPSA) is 68.4 Å². The molecule has 0 radical (unpaired) electrons. The third-order valence-corrected chi connectivity index (χ3v) is 6.65. The van der Waals surface area contributed by atoms with Crippen LogP contribution < -0.4 is 10.2 Å². The van der Waals surface area contributed by atoms with Crippen LogP contribution in [0.5, 0.6) is 0 Å². The van der Waals surface area contributed by atoms with Crippen LogP contribution >= 0.6 is 0 Å². The van der Waals surface area contributed by atoms with Crippen LogP contribution in [0.4, 0.5) is 20.2 Å². The standard InChI is InChI=1S/C24H24F2N4O2/c1-13-3-4-20(26)19-10-21(28-23(13)19)24(32)27-17-7-16(25)8-18(9-17)29-11-15-5-6-30(14(2)31)22(15)12-29/h3-4,7-10,15,22,28H,5-6,11-12H2,1-2H3,(H,27,32)/t15-,22+/m0/s1. The van der Waals surface area contributed by atoms with Crippen molar-refractivity contribution in [2.45, 2.75) is 26.3 Å². The molecule has 8 heteroatoms. The van der Waals surface area contributed by atoms with Gasteiger partial charge >= 0.3 is 0 Å². The number of benzene rings is 2. The molecule has 2 fully saturated rings. The number of carbonyl (C=O) groups excluding carboxylic acids is 2. The maximum Gasteiger partial charge on any atom is 0.272 e. The summed E-state index contributed by atoms with van der Waals surface area (Å²) in [7, 11) is 0. The molecule has 0 spiro atoms. The van der Waals surface area contributed by atoms with E-state index in [-0.39, 0.29) is 17.6 Å². The summed E-state index contributed by atoms with van der Waals surface area (Å²) in [5.41, 5.74) is 2.58. The molecule has 0 unspecified atom stereocenters.